The Balaban J connectivity index is 2.75. The van der Waals surface area contributed by atoms with E-state index in [1.54, 1.807) is 0 Å². The lowest BCUT2D eigenvalue weighted by Crippen LogP contribution is -2.29. The number of benzene rings is 1. The highest BCUT2D eigenvalue weighted by atomic mass is 15.0. The second kappa shape index (κ2) is 6.36. The molecule has 0 heterocycles. The van der Waals surface area contributed by atoms with Gasteiger partial charge >= 0.3 is 0 Å². The first-order valence-corrected chi connectivity index (χ1v) is 5.54. The largest absolute Gasteiger partial charge is 0.314 e. The molecule has 0 unspecified atom stereocenters. The van der Waals surface area contributed by atoms with Crippen LogP contribution in [0.3, 0.4) is 0 Å². The first kappa shape index (κ1) is 11.9. The van der Waals surface area contributed by atoms with Gasteiger partial charge in [0.25, 0.3) is 0 Å². The summed E-state index contributed by atoms with van der Waals surface area (Å²) in [5, 5.41) is 3.18. The minimum atomic E-state index is 0.540. The van der Waals surface area contributed by atoms with Crippen LogP contribution in [0, 0.1) is 0 Å². The maximum atomic E-state index is 3.18. The third kappa shape index (κ3) is 4.26. The molecule has 0 aliphatic heterocycles. The van der Waals surface area contributed by atoms with Crippen LogP contribution in [0.25, 0.3) is 0 Å². The lowest BCUT2D eigenvalue weighted by molar-refractivity contribution is -0.552. The van der Waals surface area contributed by atoms with Crippen molar-refractivity contribution >= 4 is 6.21 Å². The molecule has 0 bridgehead atoms. The first-order valence-electron chi connectivity index (χ1n) is 5.54. The minimum Gasteiger partial charge on any atom is -0.314 e. The fourth-order valence-electron chi connectivity index (χ4n) is 1.44. The Bertz CT molecular complexity index is 302. The summed E-state index contributed by atoms with van der Waals surface area (Å²) < 4.78 is 2.35. The Morgan fingerprint density at radius 2 is 1.93 bits per heavy atom. The van der Waals surface area contributed by atoms with Gasteiger partial charge in [-0.1, -0.05) is 18.2 Å². The van der Waals surface area contributed by atoms with Crippen LogP contribution in [0.1, 0.15) is 19.4 Å². The summed E-state index contributed by atoms with van der Waals surface area (Å²) in [4.78, 5) is 0. The summed E-state index contributed by atoms with van der Waals surface area (Å²) in [5.74, 6) is 0. The van der Waals surface area contributed by atoms with E-state index in [1.807, 2.05) is 13.1 Å². The van der Waals surface area contributed by atoms with Crippen LogP contribution in [-0.4, -0.2) is 37.0 Å². The van der Waals surface area contributed by atoms with E-state index < -0.39 is 0 Å². The van der Waals surface area contributed by atoms with Crippen molar-refractivity contribution in [3.05, 3.63) is 35.9 Å². The molecule has 0 aromatic heterocycles. The molecule has 0 radical (unpaired) electrons. The number of hydrogen-bond donors (Lipinski definition) is 1. The van der Waals surface area contributed by atoms with Gasteiger partial charge in [-0.3, -0.25) is 0 Å². The molecule has 1 N–H and O–H groups in total. The standard InChI is InChI=1S/C13H21N2/c1-12(2)15(10-9-14-3)11-13-7-5-4-6-8-13/h4-8,11-12,14H,9-10H2,1-3H3/q+1. The molecule has 0 atom stereocenters. The topological polar surface area (TPSA) is 15.0 Å². The lowest BCUT2D eigenvalue weighted by atomic mass is 10.2. The average Bonchev–Trinajstić information content (AvgIpc) is 2.25. The second-order valence-corrected chi connectivity index (χ2v) is 3.97. The maximum Gasteiger partial charge on any atom is 0.170 e. The molecule has 0 saturated heterocycles. The van der Waals surface area contributed by atoms with Crippen LogP contribution in [0.4, 0.5) is 0 Å². The summed E-state index contributed by atoms with van der Waals surface area (Å²) in [6.45, 7) is 6.49. The van der Waals surface area contributed by atoms with E-state index in [-0.39, 0.29) is 0 Å². The van der Waals surface area contributed by atoms with Gasteiger partial charge in [-0.2, -0.15) is 0 Å². The van der Waals surface area contributed by atoms with Crippen molar-refractivity contribution in [2.45, 2.75) is 19.9 Å². The van der Waals surface area contributed by atoms with Gasteiger partial charge in [0.05, 0.1) is 6.54 Å². The summed E-state index contributed by atoms with van der Waals surface area (Å²) >= 11 is 0. The third-order valence-electron chi connectivity index (χ3n) is 2.40. The van der Waals surface area contributed by atoms with E-state index >= 15 is 0 Å². The first-order chi connectivity index (χ1) is 7.24. The zero-order valence-electron chi connectivity index (χ0n) is 9.90. The zero-order valence-corrected chi connectivity index (χ0v) is 9.90. The van der Waals surface area contributed by atoms with Crippen molar-refractivity contribution in [3.8, 4) is 0 Å². The smallest absolute Gasteiger partial charge is 0.170 e. The fourth-order valence-corrected chi connectivity index (χ4v) is 1.44. The average molecular weight is 205 g/mol. The SMILES string of the molecule is CNCC[N+](=Cc1ccccc1)C(C)C. The van der Waals surface area contributed by atoms with E-state index in [4.69, 9.17) is 0 Å². The molecular formula is C13H21N2+. The van der Waals surface area contributed by atoms with E-state index in [2.05, 4.69) is 54.2 Å². The highest BCUT2D eigenvalue weighted by Crippen LogP contribution is 1.96. The normalized spacial score (nSPS) is 12.1. The number of rotatable bonds is 5. The molecule has 1 aromatic carbocycles. The van der Waals surface area contributed by atoms with Gasteiger partial charge in [0, 0.05) is 5.56 Å². The molecule has 1 rings (SSSR count). The number of hydrogen-bond acceptors (Lipinski definition) is 1. The molecular weight excluding hydrogens is 184 g/mol. The molecule has 0 aliphatic rings. The highest BCUT2D eigenvalue weighted by Gasteiger charge is 2.08. The van der Waals surface area contributed by atoms with Gasteiger partial charge in [-0.05, 0) is 33.0 Å². The molecule has 0 amide bonds. The summed E-state index contributed by atoms with van der Waals surface area (Å²) in [5.41, 5.74) is 1.27. The Labute approximate surface area is 92.6 Å². The molecule has 0 spiro atoms. The van der Waals surface area contributed by atoms with Crippen molar-refractivity contribution in [1.29, 1.82) is 0 Å². The Kier molecular flexibility index (Phi) is 5.05. The van der Waals surface area contributed by atoms with Crippen LogP contribution < -0.4 is 5.32 Å². The minimum absolute atomic E-state index is 0.540. The van der Waals surface area contributed by atoms with Gasteiger partial charge in [0.1, 0.15) is 6.04 Å². The Hall–Kier alpha value is -1.15. The number of nitrogens with zero attached hydrogens (tertiary/aromatic N) is 1. The van der Waals surface area contributed by atoms with Crippen LogP contribution >= 0.6 is 0 Å². The molecule has 2 nitrogen and oxygen atoms in total. The lowest BCUT2D eigenvalue weighted by Gasteiger charge is -2.07. The van der Waals surface area contributed by atoms with Crippen molar-refractivity contribution in [3.63, 3.8) is 0 Å². The third-order valence-corrected chi connectivity index (χ3v) is 2.40. The summed E-state index contributed by atoms with van der Waals surface area (Å²) in [7, 11) is 1.99. The fraction of sp³-hybridized carbons (Fsp3) is 0.462. The van der Waals surface area contributed by atoms with Crippen LogP contribution in [-0.2, 0) is 0 Å². The van der Waals surface area contributed by atoms with Gasteiger partial charge in [-0.15, -0.1) is 0 Å². The number of nitrogens with one attached hydrogen (secondary N) is 1. The Morgan fingerprint density at radius 3 is 2.47 bits per heavy atom. The second-order valence-electron chi connectivity index (χ2n) is 3.97. The van der Waals surface area contributed by atoms with Crippen molar-refractivity contribution < 1.29 is 4.58 Å². The highest BCUT2D eigenvalue weighted by molar-refractivity contribution is 5.75. The summed E-state index contributed by atoms with van der Waals surface area (Å²) in [6, 6.07) is 11.0. The molecule has 15 heavy (non-hydrogen) atoms. The maximum absolute atomic E-state index is 3.18. The van der Waals surface area contributed by atoms with E-state index in [0.29, 0.717) is 6.04 Å². The number of likely N-dealkylation sites (N-methyl/N-ethyl adjacent to an activating group) is 1. The molecule has 2 heteroatoms. The molecule has 82 valence electrons. The predicted molar refractivity (Wildman–Crippen MR) is 65.8 cm³/mol. The van der Waals surface area contributed by atoms with Crippen molar-refractivity contribution in [1.82, 2.24) is 5.32 Å². The predicted octanol–water partition coefficient (Wildman–Crippen LogP) is 1.75. The quantitative estimate of drug-likeness (QED) is 0.571. The van der Waals surface area contributed by atoms with E-state index in [0.717, 1.165) is 13.1 Å². The van der Waals surface area contributed by atoms with Gasteiger partial charge in [0.2, 0.25) is 0 Å². The van der Waals surface area contributed by atoms with Gasteiger partial charge in [0.15, 0.2) is 12.8 Å². The van der Waals surface area contributed by atoms with E-state index in [9.17, 15) is 0 Å². The van der Waals surface area contributed by atoms with Gasteiger partial charge in [-0.25, -0.2) is 4.58 Å². The molecule has 0 fully saturated rings. The molecule has 1 aromatic rings. The zero-order chi connectivity index (χ0) is 11.1. The summed E-state index contributed by atoms with van der Waals surface area (Å²) in [6.07, 6.45) is 2.22. The Morgan fingerprint density at radius 1 is 1.27 bits per heavy atom. The van der Waals surface area contributed by atoms with Crippen LogP contribution in [0.15, 0.2) is 30.3 Å². The van der Waals surface area contributed by atoms with Crippen LogP contribution in [0.5, 0.6) is 0 Å². The van der Waals surface area contributed by atoms with Gasteiger partial charge < -0.3 is 5.32 Å². The van der Waals surface area contributed by atoms with E-state index in [1.165, 1.54) is 5.56 Å². The monoisotopic (exact) mass is 205 g/mol. The molecule has 0 saturated carbocycles. The van der Waals surface area contributed by atoms with Crippen molar-refractivity contribution in [2.24, 2.45) is 0 Å². The van der Waals surface area contributed by atoms with Crippen molar-refractivity contribution in [2.75, 3.05) is 20.1 Å². The van der Waals surface area contributed by atoms with Crippen LogP contribution in [0.2, 0.25) is 0 Å². The molecule has 0 aliphatic carbocycles.